The van der Waals surface area contributed by atoms with Crippen LogP contribution in [0.25, 0.3) is 0 Å². The highest BCUT2D eigenvalue weighted by molar-refractivity contribution is 7.84. The Morgan fingerprint density at radius 2 is 0.736 bits per heavy atom. The van der Waals surface area contributed by atoms with E-state index in [4.69, 9.17) is 14.6 Å². The predicted octanol–water partition coefficient (Wildman–Crippen LogP) is 9.20. The smallest absolute Gasteiger partial charge is 0.303 e. The number of benzene rings is 1. The van der Waals surface area contributed by atoms with Crippen molar-refractivity contribution in [2.24, 2.45) is 5.92 Å². The number of thiol groups is 18. The maximum absolute atomic E-state index is 12.4. The van der Waals surface area contributed by atoms with Crippen LogP contribution in [0.1, 0.15) is 199 Å². The zero-order valence-electron chi connectivity index (χ0n) is 74.4. The first-order chi connectivity index (χ1) is 60.5. The number of ether oxygens (including phenoxy) is 2. The van der Waals surface area contributed by atoms with Gasteiger partial charge in [-0.3, -0.25) is 62.3 Å². The molecule has 10 amide bonds. The fraction of sp³-hybridized carbons (Fsp3) is 0.747. The van der Waals surface area contributed by atoms with Gasteiger partial charge in [0, 0.05) is 111 Å². The van der Waals surface area contributed by atoms with Crippen molar-refractivity contribution in [2.45, 2.75) is 238 Å². The molecule has 0 radical (unpaired) electrons. The molecular weight excluding hydrogens is 2000 g/mol. The normalized spacial score (nSPS) is 12.4. The molecule has 28 nitrogen and oxygen atoms in total. The number of hydrogen-bond acceptors (Lipinski definition) is 35. The minimum atomic E-state index is -0.939. The van der Waals surface area contributed by atoms with Crippen molar-refractivity contribution < 1.29 is 86.5 Å². The average molecular weight is 2160 g/mol. The lowest BCUT2D eigenvalue weighted by Gasteiger charge is -2.35. The van der Waals surface area contributed by atoms with Gasteiger partial charge in [0.2, 0.25) is 53.2 Å². The molecule has 1 aromatic carbocycles. The number of carboxylic acids is 1. The SMILES string of the molecule is C.CC(=O)CCCC(=O)NCC(=O)NC(CCCS)(CCCS)CCCS.CC(=O)CCCCC(S)C(CS)CS.CC(=O)COCC(=O)NCC(=O)NC(CS)(CS)CS.CC(=O)COCC(=O)NCC(=O)NCC(S)CC(S)CCS.Cc1ccc(C(=O)NCC(=O)NC(CCCS)C(S)CCS)cc1.O=C(O)CCCC(=O)NCC(=O)NCC(S)CC(S)CCS. The summed E-state index contributed by atoms with van der Waals surface area (Å²) in [5, 5.41) is 36.0. The van der Waals surface area contributed by atoms with Crippen LogP contribution < -0.4 is 53.2 Å². The molecule has 1 aromatic rings. The largest absolute Gasteiger partial charge is 0.481 e. The van der Waals surface area contributed by atoms with Crippen molar-refractivity contribution in [1.29, 1.82) is 0 Å². The van der Waals surface area contributed by atoms with E-state index >= 15 is 0 Å². The number of carbonyl (C=O) groups is 15. The standard InChI is InChI=1S/C18H34N2O3S3.C17H26N2O2S3.2C13H24N2O4S3.C11H20N2O4S3.C10H20OS3.CH4/c1-15(21)6-2-7-16(22)19-14-17(23)20-18(8-3-11-24,9-4-12-25)10-5-13-26;1-12-4-6-13(7-5-12)17(21)18-11-16(20)19-14(3-2-9-22)15(24)8-10-23;1-9(16)7-19-8-13(18)15-6-12(17)14-5-11(22)4-10(21)2-3-20;16-11(2-1-3-13(18)19)15-8-12(17)14-7-10(22)6-9(21)4-5-20;1-8(14)3-17-4-10(16)12-2-9(15)13-11(5-18,6-19)7-20;1-8(11)4-2-3-5-10(14)9(6-12)7-13;/h24-26H,2-14H2,1H3,(H,19,22)(H,20,23);4-7,14-15,22-24H,2-3,8-11H2,1H3,(H,18,21)(H,19,20);10-11,20-22H,2-8H2,1H3,(H,14,17)(H,15,18);9-10,20-22H,1-8H2,(H,14,17)(H,15,16)(H,18,19);18-20H,2-7H2,1H3,(H,12,16)(H,13,15);9-10,12-14H,2-7H2,1H3;1H4. The van der Waals surface area contributed by atoms with Gasteiger partial charge in [0.15, 0.2) is 11.6 Å². The number of rotatable bonds is 68. The van der Waals surface area contributed by atoms with E-state index in [1.807, 2.05) is 19.1 Å². The first kappa shape index (κ1) is 138. The Hall–Kier alpha value is -1.71. The van der Waals surface area contributed by atoms with Crippen LogP contribution in [0.3, 0.4) is 0 Å². The molecule has 7 unspecified atom stereocenters. The number of hydrogen-bond donors (Lipinski definition) is 29. The van der Waals surface area contributed by atoms with Crippen molar-refractivity contribution in [1.82, 2.24) is 53.2 Å². The number of Topliss-reactive ketones (excluding diaryl/α,β-unsaturated/α-hetero) is 4. The van der Waals surface area contributed by atoms with Crippen LogP contribution >= 0.6 is 227 Å². The van der Waals surface area contributed by atoms with E-state index in [1.54, 1.807) is 19.1 Å². The van der Waals surface area contributed by atoms with E-state index in [9.17, 15) is 71.9 Å². The van der Waals surface area contributed by atoms with Gasteiger partial charge in [-0.1, -0.05) is 31.5 Å². The summed E-state index contributed by atoms with van der Waals surface area (Å²) >= 11 is 77.2. The molecule has 11 N–H and O–H groups in total. The number of carbonyl (C=O) groups excluding carboxylic acids is 14. The third-order valence-corrected chi connectivity index (χ3v) is 25.6. The quantitative estimate of drug-likeness (QED) is 0.0213. The Morgan fingerprint density at radius 1 is 0.357 bits per heavy atom. The summed E-state index contributed by atoms with van der Waals surface area (Å²) in [7, 11) is 0. The van der Waals surface area contributed by atoms with E-state index < -0.39 is 23.3 Å². The second-order valence-electron chi connectivity index (χ2n) is 29.9. The summed E-state index contributed by atoms with van der Waals surface area (Å²) in [5.41, 5.74) is 0.731. The summed E-state index contributed by atoms with van der Waals surface area (Å²) in [4.78, 5) is 170. The van der Waals surface area contributed by atoms with E-state index in [-0.39, 0.29) is 200 Å². The maximum atomic E-state index is 12.4. The van der Waals surface area contributed by atoms with E-state index in [0.717, 1.165) is 154 Å². The Kier molecular flexibility index (Phi) is 97.8. The number of aryl methyl sites for hydroxylation is 1. The molecule has 0 bridgehead atoms. The molecule has 0 fully saturated rings. The molecular formula is C83H152N10O18S18. The van der Waals surface area contributed by atoms with Crippen LogP contribution in [-0.2, 0) is 76.6 Å². The van der Waals surface area contributed by atoms with Crippen molar-refractivity contribution in [2.75, 3.05) is 141 Å². The monoisotopic (exact) mass is 2150 g/mol. The van der Waals surface area contributed by atoms with Crippen LogP contribution in [0.15, 0.2) is 24.3 Å². The van der Waals surface area contributed by atoms with Gasteiger partial charge in [-0.2, -0.15) is 227 Å². The van der Waals surface area contributed by atoms with Crippen LogP contribution in [0.2, 0.25) is 0 Å². The van der Waals surface area contributed by atoms with Gasteiger partial charge in [-0.25, -0.2) is 0 Å². The molecule has 0 saturated heterocycles. The summed E-state index contributed by atoms with van der Waals surface area (Å²) in [5.74, 6) is 4.67. The summed E-state index contributed by atoms with van der Waals surface area (Å²) < 4.78 is 9.66. The number of ketones is 4. The van der Waals surface area contributed by atoms with E-state index in [2.05, 4.69) is 280 Å². The highest BCUT2D eigenvalue weighted by Gasteiger charge is 2.31. The fourth-order valence-electron chi connectivity index (χ4n) is 10.6. The third kappa shape index (κ3) is 87.5. The minimum absolute atomic E-state index is 0. The minimum Gasteiger partial charge on any atom is -0.481 e. The van der Waals surface area contributed by atoms with E-state index in [0.29, 0.717) is 72.1 Å². The lowest BCUT2D eigenvalue weighted by molar-refractivity contribution is -0.137. The predicted molar refractivity (Wildman–Crippen MR) is 587 cm³/mol. The van der Waals surface area contributed by atoms with Gasteiger partial charge >= 0.3 is 5.97 Å². The molecule has 0 saturated carbocycles. The fourth-order valence-corrected chi connectivity index (χ4v) is 18.1. The second kappa shape index (κ2) is 91.4. The average Bonchev–Trinajstić information content (AvgIpc) is 1.02. The highest BCUT2D eigenvalue weighted by Crippen LogP contribution is 2.27. The Bertz CT molecular complexity index is 3150. The second-order valence-corrected chi connectivity index (χ2v) is 39.0. The van der Waals surface area contributed by atoms with Gasteiger partial charge < -0.3 is 77.3 Å². The molecule has 0 aliphatic heterocycles. The lowest BCUT2D eigenvalue weighted by Crippen LogP contribution is -2.55. The van der Waals surface area contributed by atoms with Crippen LogP contribution in [0.5, 0.6) is 0 Å². The van der Waals surface area contributed by atoms with E-state index in [1.165, 1.54) is 20.8 Å². The van der Waals surface area contributed by atoms with Crippen molar-refractivity contribution >= 4 is 315 Å². The highest BCUT2D eigenvalue weighted by atomic mass is 32.1. The van der Waals surface area contributed by atoms with Gasteiger partial charge in [-0.15, -0.1) is 0 Å². The molecule has 129 heavy (non-hydrogen) atoms. The van der Waals surface area contributed by atoms with Gasteiger partial charge in [-0.05, 0) is 214 Å². The molecule has 7 atom stereocenters. The molecule has 0 heterocycles. The molecule has 0 aliphatic rings. The van der Waals surface area contributed by atoms with Crippen molar-refractivity contribution in [3.8, 4) is 0 Å². The first-order valence-corrected chi connectivity index (χ1v) is 52.9. The van der Waals surface area contributed by atoms with Crippen LogP contribution in [0.4, 0.5) is 0 Å². The number of aliphatic carboxylic acids is 1. The Labute approximate surface area is 867 Å². The first-order valence-electron chi connectivity index (χ1n) is 42.2. The zero-order chi connectivity index (χ0) is 98.3. The number of nitrogens with one attached hydrogen (secondary N) is 10. The number of carboxylic acid groups (broad SMARTS) is 1. The molecule has 0 aromatic heterocycles. The van der Waals surface area contributed by atoms with Gasteiger partial charge in [0.1, 0.15) is 38.0 Å². The van der Waals surface area contributed by atoms with Gasteiger partial charge in [0.25, 0.3) is 5.91 Å². The number of amides is 10. The lowest BCUT2D eigenvalue weighted by atomic mass is 9.84. The van der Waals surface area contributed by atoms with Crippen molar-refractivity contribution in [3.05, 3.63) is 35.4 Å². The van der Waals surface area contributed by atoms with Crippen LogP contribution in [0, 0.1) is 12.8 Å². The summed E-state index contributed by atoms with van der Waals surface area (Å²) in [6.07, 6.45) is 16.4. The number of unbranched alkanes of at least 4 members (excludes halogenated alkanes) is 1. The van der Waals surface area contributed by atoms with Gasteiger partial charge in [0.05, 0.1) is 38.3 Å². The topological polar surface area (TPSA) is 415 Å². The molecule has 1 rings (SSSR count). The maximum Gasteiger partial charge on any atom is 0.303 e. The molecule has 0 aliphatic carbocycles. The molecule has 0 spiro atoms. The summed E-state index contributed by atoms with van der Waals surface area (Å²) in [6, 6.07) is 7.18. The molecule has 46 heteroatoms. The third-order valence-electron chi connectivity index (χ3n) is 17.8. The Balaban J connectivity index is -0.000000354. The van der Waals surface area contributed by atoms with Crippen molar-refractivity contribution in [3.63, 3.8) is 0 Å². The summed E-state index contributed by atoms with van der Waals surface area (Å²) in [6.45, 7) is 7.37. The molecule has 750 valence electrons. The Morgan fingerprint density at radius 3 is 1.11 bits per heavy atom. The van der Waals surface area contributed by atoms with Crippen LogP contribution in [-0.4, -0.2) is 283 Å². The zero-order valence-corrected chi connectivity index (χ0v) is 90.5.